The van der Waals surface area contributed by atoms with E-state index in [0.717, 1.165) is 49.8 Å². The van der Waals surface area contributed by atoms with Crippen molar-refractivity contribution in [2.24, 2.45) is 5.11 Å². The Morgan fingerprint density at radius 1 is 1.28 bits per heavy atom. The molecule has 2 heterocycles. The first-order valence-corrected chi connectivity index (χ1v) is 9.23. The molecule has 1 aromatic carbocycles. The van der Waals surface area contributed by atoms with Crippen molar-refractivity contribution >= 4 is 5.82 Å². The molecule has 1 aliphatic rings. The molecule has 1 aliphatic heterocycles. The highest BCUT2D eigenvalue weighted by molar-refractivity contribution is 5.41. The second kappa shape index (κ2) is 9.04. The van der Waals surface area contributed by atoms with Crippen molar-refractivity contribution in [3.63, 3.8) is 0 Å². The number of hydrogen-bond donors (Lipinski definition) is 3. The van der Waals surface area contributed by atoms with Gasteiger partial charge in [-0.2, -0.15) is 18.3 Å². The number of phenolic OH excluding ortho intramolecular Hbond substituents is 1. The van der Waals surface area contributed by atoms with Gasteiger partial charge in [0.15, 0.2) is 0 Å². The number of likely N-dealkylation sites (tertiary alicyclic amines) is 1. The molecule has 0 radical (unpaired) electrons. The van der Waals surface area contributed by atoms with Crippen LogP contribution in [0, 0.1) is 5.53 Å². The van der Waals surface area contributed by atoms with Crippen LogP contribution >= 0.6 is 0 Å². The standard InChI is InChI=1S/C20H22F3N5O/c21-20(22,23)16-4-7-25-19(11-16)26-12-17(27-24)13-28-8-5-14(6-9-28)15-2-1-3-18(29)10-15/h1-4,7,10-12,14,24,29H,5-6,8-9,13H2,(H,25,26)/b17-12-,27-24?. The Morgan fingerprint density at radius 3 is 2.69 bits per heavy atom. The molecule has 3 N–H and O–H groups in total. The number of rotatable bonds is 6. The molecule has 1 aromatic heterocycles. The predicted octanol–water partition coefficient (Wildman–Crippen LogP) is 4.97. The number of piperidine rings is 1. The van der Waals surface area contributed by atoms with Gasteiger partial charge in [0.25, 0.3) is 0 Å². The van der Waals surface area contributed by atoms with Crippen molar-refractivity contribution in [2.75, 3.05) is 25.0 Å². The van der Waals surface area contributed by atoms with E-state index in [1.807, 2.05) is 12.1 Å². The summed E-state index contributed by atoms with van der Waals surface area (Å²) in [6.45, 7) is 2.02. The smallest absolute Gasteiger partial charge is 0.416 e. The van der Waals surface area contributed by atoms with Gasteiger partial charge in [-0.05, 0) is 61.7 Å². The molecule has 0 spiro atoms. The Balaban J connectivity index is 1.56. The van der Waals surface area contributed by atoms with Crippen LogP contribution in [0.3, 0.4) is 0 Å². The van der Waals surface area contributed by atoms with Crippen molar-refractivity contribution in [1.29, 1.82) is 5.53 Å². The maximum absolute atomic E-state index is 12.8. The van der Waals surface area contributed by atoms with Gasteiger partial charge in [0.05, 0.1) is 11.3 Å². The third-order valence-corrected chi connectivity index (χ3v) is 4.93. The molecule has 0 atom stereocenters. The maximum atomic E-state index is 12.8. The number of aromatic nitrogens is 1. The summed E-state index contributed by atoms with van der Waals surface area (Å²) >= 11 is 0. The van der Waals surface area contributed by atoms with Gasteiger partial charge >= 0.3 is 6.18 Å². The summed E-state index contributed by atoms with van der Waals surface area (Å²) in [4.78, 5) is 6.01. The number of alkyl halides is 3. The van der Waals surface area contributed by atoms with Gasteiger partial charge in [0.1, 0.15) is 11.6 Å². The average Bonchev–Trinajstić information content (AvgIpc) is 2.71. The minimum atomic E-state index is -4.44. The fraction of sp³-hybridized carbons (Fsp3) is 0.350. The molecular formula is C20H22F3N5O. The molecule has 0 aliphatic carbocycles. The minimum absolute atomic E-state index is 0.0450. The Hall–Kier alpha value is -2.94. The lowest BCUT2D eigenvalue weighted by molar-refractivity contribution is -0.137. The molecule has 9 heteroatoms. The molecule has 29 heavy (non-hydrogen) atoms. The lowest BCUT2D eigenvalue weighted by Crippen LogP contribution is -2.34. The van der Waals surface area contributed by atoms with E-state index < -0.39 is 11.7 Å². The molecule has 0 amide bonds. The Labute approximate surface area is 166 Å². The van der Waals surface area contributed by atoms with E-state index in [9.17, 15) is 18.3 Å². The molecule has 3 rings (SSSR count). The van der Waals surface area contributed by atoms with Crippen molar-refractivity contribution < 1.29 is 18.3 Å². The van der Waals surface area contributed by atoms with E-state index in [-0.39, 0.29) is 11.6 Å². The summed E-state index contributed by atoms with van der Waals surface area (Å²) in [6, 6.07) is 9.11. The molecular weight excluding hydrogens is 383 g/mol. The summed E-state index contributed by atoms with van der Waals surface area (Å²) < 4.78 is 38.3. The second-order valence-electron chi connectivity index (χ2n) is 6.96. The van der Waals surface area contributed by atoms with Crippen LogP contribution < -0.4 is 5.32 Å². The highest BCUT2D eigenvalue weighted by Gasteiger charge is 2.30. The lowest BCUT2D eigenvalue weighted by Gasteiger charge is -2.32. The molecule has 2 aromatic rings. The van der Waals surface area contributed by atoms with Gasteiger partial charge in [-0.1, -0.05) is 12.1 Å². The Bertz CT molecular complexity index is 876. The van der Waals surface area contributed by atoms with E-state index in [1.54, 1.807) is 12.1 Å². The zero-order valence-electron chi connectivity index (χ0n) is 15.7. The summed E-state index contributed by atoms with van der Waals surface area (Å²) in [5.74, 6) is 0.673. The molecule has 1 saturated heterocycles. The van der Waals surface area contributed by atoms with Crippen LogP contribution in [-0.2, 0) is 6.18 Å². The second-order valence-corrected chi connectivity index (χ2v) is 6.96. The first-order valence-electron chi connectivity index (χ1n) is 9.23. The predicted molar refractivity (Wildman–Crippen MR) is 103 cm³/mol. The molecule has 0 saturated carbocycles. The number of nitrogens with zero attached hydrogens (tertiary/aromatic N) is 3. The van der Waals surface area contributed by atoms with Crippen molar-refractivity contribution in [1.82, 2.24) is 9.88 Å². The summed E-state index contributed by atoms with van der Waals surface area (Å²) in [7, 11) is 0. The zero-order chi connectivity index (χ0) is 20.9. The van der Waals surface area contributed by atoms with Crippen LogP contribution in [-0.4, -0.2) is 34.6 Å². The van der Waals surface area contributed by atoms with E-state index in [4.69, 9.17) is 5.53 Å². The summed E-state index contributed by atoms with van der Waals surface area (Å²) in [6.07, 6.45) is -0.111. The van der Waals surface area contributed by atoms with Crippen LogP contribution in [0.4, 0.5) is 19.0 Å². The number of halogens is 3. The molecule has 154 valence electrons. The third kappa shape index (κ3) is 5.77. The number of aromatic hydroxyl groups is 1. The Morgan fingerprint density at radius 2 is 2.03 bits per heavy atom. The fourth-order valence-corrected chi connectivity index (χ4v) is 3.39. The number of benzene rings is 1. The maximum Gasteiger partial charge on any atom is 0.416 e. The van der Waals surface area contributed by atoms with Crippen molar-refractivity contribution in [3.8, 4) is 5.75 Å². The number of phenols is 1. The van der Waals surface area contributed by atoms with E-state index in [1.165, 1.54) is 6.20 Å². The van der Waals surface area contributed by atoms with Gasteiger partial charge in [-0.25, -0.2) is 10.5 Å². The van der Waals surface area contributed by atoms with Crippen LogP contribution in [0.1, 0.15) is 29.9 Å². The highest BCUT2D eigenvalue weighted by Crippen LogP contribution is 2.31. The third-order valence-electron chi connectivity index (χ3n) is 4.93. The zero-order valence-corrected chi connectivity index (χ0v) is 15.7. The van der Waals surface area contributed by atoms with Crippen LogP contribution in [0.5, 0.6) is 5.75 Å². The normalized spacial score (nSPS) is 16.6. The number of anilines is 1. The van der Waals surface area contributed by atoms with Gasteiger partial charge in [0, 0.05) is 18.9 Å². The Kier molecular flexibility index (Phi) is 6.48. The number of nitrogens with one attached hydrogen (secondary N) is 2. The van der Waals surface area contributed by atoms with Crippen LogP contribution in [0.25, 0.3) is 0 Å². The molecule has 1 fully saturated rings. The number of hydrogen-bond acceptors (Lipinski definition) is 6. The first-order chi connectivity index (χ1) is 13.8. The van der Waals surface area contributed by atoms with Gasteiger partial charge in [-0.3, -0.25) is 4.90 Å². The van der Waals surface area contributed by atoms with Crippen molar-refractivity contribution in [3.05, 3.63) is 65.6 Å². The largest absolute Gasteiger partial charge is 0.508 e. The monoisotopic (exact) mass is 405 g/mol. The van der Waals surface area contributed by atoms with Crippen LogP contribution in [0.2, 0.25) is 0 Å². The quantitative estimate of drug-likeness (QED) is 0.593. The van der Waals surface area contributed by atoms with Gasteiger partial charge in [-0.15, -0.1) is 0 Å². The highest BCUT2D eigenvalue weighted by atomic mass is 19.4. The van der Waals surface area contributed by atoms with Crippen LogP contribution in [0.15, 0.2) is 59.6 Å². The van der Waals surface area contributed by atoms with E-state index >= 15 is 0 Å². The lowest BCUT2D eigenvalue weighted by atomic mass is 9.89. The number of pyridine rings is 1. The summed E-state index contributed by atoms with van der Waals surface area (Å²) in [5.41, 5.74) is 8.07. The molecule has 0 bridgehead atoms. The van der Waals surface area contributed by atoms with Gasteiger partial charge in [0.2, 0.25) is 0 Å². The fourth-order valence-electron chi connectivity index (χ4n) is 3.39. The molecule has 0 unspecified atom stereocenters. The summed E-state index contributed by atoms with van der Waals surface area (Å²) in [5, 5.41) is 15.8. The first kappa shape index (κ1) is 20.8. The average molecular weight is 405 g/mol. The van der Waals surface area contributed by atoms with Crippen molar-refractivity contribution in [2.45, 2.75) is 24.9 Å². The topological polar surface area (TPSA) is 84.6 Å². The molecule has 6 nitrogen and oxygen atoms in total. The SMILES string of the molecule is N=N/C(=C\Nc1cc(C(F)(F)F)ccn1)CN1CCC(c2cccc(O)c2)CC1. The minimum Gasteiger partial charge on any atom is -0.508 e. The van der Waals surface area contributed by atoms with Gasteiger partial charge < -0.3 is 10.4 Å². The van der Waals surface area contributed by atoms with E-state index in [0.29, 0.717) is 18.2 Å². The van der Waals surface area contributed by atoms with E-state index in [2.05, 4.69) is 20.3 Å².